The zero-order valence-corrected chi connectivity index (χ0v) is 22.9. The van der Waals surface area contributed by atoms with Gasteiger partial charge < -0.3 is 25.0 Å². The first-order chi connectivity index (χ1) is 18.5. The van der Waals surface area contributed by atoms with Crippen molar-refractivity contribution in [2.24, 2.45) is 28.6 Å². The molecule has 1 amide bonds. The molecule has 0 unspecified atom stereocenters. The number of hydrogen-bond acceptors (Lipinski definition) is 8. The lowest BCUT2D eigenvalue weighted by atomic mass is 9.46. The third-order valence-electron chi connectivity index (χ3n) is 10.6. The first-order valence-corrected chi connectivity index (χ1v) is 14.4. The maximum Gasteiger partial charge on any atom is 0.306 e. The monoisotopic (exact) mass is 543 g/mol. The van der Waals surface area contributed by atoms with Crippen molar-refractivity contribution < 1.29 is 38.9 Å². The number of nitrogens with one attached hydrogen (secondary N) is 1. The molecule has 0 aromatic rings. The number of ketones is 2. The molecule has 0 spiro atoms. The number of ether oxygens (including phenoxy) is 2. The van der Waals surface area contributed by atoms with Crippen LogP contribution in [0.4, 0.5) is 0 Å². The van der Waals surface area contributed by atoms with Crippen LogP contribution in [0.5, 0.6) is 0 Å². The highest BCUT2D eigenvalue weighted by Crippen LogP contribution is 2.67. The van der Waals surface area contributed by atoms with Crippen LogP contribution in [0.15, 0.2) is 23.8 Å². The van der Waals surface area contributed by atoms with Gasteiger partial charge in [0.25, 0.3) is 0 Å². The van der Waals surface area contributed by atoms with Crippen molar-refractivity contribution in [3.05, 3.63) is 23.8 Å². The molecule has 0 radical (unpaired) electrons. The SMILES string of the molecule is C[C@]12C=CC(=O)C=C1CC[C@@H]1[C@@H]2[C@@H](O)C[C@@]2(C)[C@H]1CC[C@]2(O)C(=O)COC(=O)CCC(=O)NC[C@@H]1CCCO1. The maximum atomic E-state index is 13.4. The first kappa shape index (κ1) is 28.2. The molecule has 3 N–H and O–H groups in total. The number of aliphatic hydroxyl groups is 2. The third kappa shape index (κ3) is 4.91. The number of carbonyl (C=O) groups excluding carboxylic acids is 4. The lowest BCUT2D eigenvalue weighted by Crippen LogP contribution is -2.61. The normalized spacial score (nSPS) is 40.8. The van der Waals surface area contributed by atoms with E-state index in [9.17, 15) is 29.4 Å². The van der Waals surface area contributed by atoms with Gasteiger partial charge in [-0.1, -0.05) is 25.5 Å². The van der Waals surface area contributed by atoms with Crippen molar-refractivity contribution in [1.82, 2.24) is 5.32 Å². The van der Waals surface area contributed by atoms with E-state index in [0.29, 0.717) is 19.6 Å². The number of Topliss-reactive ketones (excluding diaryl/α,β-unsaturated/α-hetero) is 1. The average Bonchev–Trinajstić information content (AvgIpc) is 3.51. The Balaban J connectivity index is 1.18. The van der Waals surface area contributed by atoms with Gasteiger partial charge >= 0.3 is 5.97 Å². The van der Waals surface area contributed by atoms with Crippen LogP contribution in [0.25, 0.3) is 0 Å². The molecule has 1 heterocycles. The molecule has 3 saturated carbocycles. The van der Waals surface area contributed by atoms with Gasteiger partial charge in [-0.15, -0.1) is 0 Å². The van der Waals surface area contributed by atoms with E-state index in [1.165, 1.54) is 0 Å². The lowest BCUT2D eigenvalue weighted by Gasteiger charge is -2.59. The van der Waals surface area contributed by atoms with E-state index < -0.39 is 40.9 Å². The maximum absolute atomic E-state index is 13.4. The van der Waals surface area contributed by atoms with E-state index >= 15 is 0 Å². The Bertz CT molecular complexity index is 1090. The number of hydrogen-bond donors (Lipinski definition) is 3. The quantitative estimate of drug-likeness (QED) is 0.396. The number of fused-ring (bicyclic) bond motifs is 5. The summed E-state index contributed by atoms with van der Waals surface area (Å²) in [6.45, 7) is 4.52. The van der Waals surface area contributed by atoms with E-state index in [2.05, 4.69) is 12.2 Å². The molecule has 9 heteroatoms. The Morgan fingerprint density at radius 3 is 2.72 bits per heavy atom. The van der Waals surface area contributed by atoms with Crippen LogP contribution in [0.1, 0.15) is 71.6 Å². The summed E-state index contributed by atoms with van der Waals surface area (Å²) in [5, 5.41) is 26.0. The summed E-state index contributed by atoms with van der Waals surface area (Å²) in [6, 6.07) is 0. The van der Waals surface area contributed by atoms with Gasteiger partial charge in [0.2, 0.25) is 11.7 Å². The van der Waals surface area contributed by atoms with Gasteiger partial charge in [-0.2, -0.15) is 0 Å². The summed E-state index contributed by atoms with van der Waals surface area (Å²) in [5.41, 5.74) is -1.94. The number of rotatable bonds is 8. The van der Waals surface area contributed by atoms with E-state index in [0.717, 1.165) is 31.3 Å². The second-order valence-electron chi connectivity index (χ2n) is 12.6. The van der Waals surface area contributed by atoms with Gasteiger partial charge in [0.1, 0.15) is 5.60 Å². The van der Waals surface area contributed by atoms with E-state index in [1.54, 1.807) is 12.2 Å². The summed E-state index contributed by atoms with van der Waals surface area (Å²) >= 11 is 0. The van der Waals surface area contributed by atoms with Gasteiger partial charge in [-0.3, -0.25) is 19.2 Å². The number of esters is 1. The fourth-order valence-corrected chi connectivity index (χ4v) is 8.46. The zero-order valence-electron chi connectivity index (χ0n) is 22.9. The zero-order chi connectivity index (χ0) is 28.0. The minimum Gasteiger partial charge on any atom is -0.458 e. The van der Waals surface area contributed by atoms with E-state index in [-0.39, 0.29) is 61.2 Å². The summed E-state index contributed by atoms with van der Waals surface area (Å²) in [6.07, 6.45) is 8.84. The molecule has 1 saturated heterocycles. The van der Waals surface area contributed by atoms with Crippen LogP contribution in [-0.2, 0) is 28.7 Å². The summed E-state index contributed by atoms with van der Waals surface area (Å²) in [7, 11) is 0. The standard InChI is InChI=1S/C30H41NO8/c1-28-11-9-19(32)14-18(28)5-6-21-22-10-12-30(37,29(22,2)15-23(33)27(21)28)24(34)17-39-26(36)8-7-25(35)31-16-20-4-3-13-38-20/h9,11,14,20-23,27,33,37H,3-8,10,12-13,15-17H2,1-2H3,(H,31,35)/t20-,21-,22-,23-,27+,28-,29-,30-/m0/s1. The van der Waals surface area contributed by atoms with Crippen molar-refractivity contribution in [2.45, 2.75) is 89.4 Å². The number of amides is 1. The summed E-state index contributed by atoms with van der Waals surface area (Å²) in [5.74, 6) is -1.50. The molecule has 8 atom stereocenters. The van der Waals surface area contributed by atoms with Crippen LogP contribution < -0.4 is 5.32 Å². The van der Waals surface area contributed by atoms with Gasteiger partial charge in [-0.05, 0) is 68.9 Å². The van der Waals surface area contributed by atoms with Crippen LogP contribution in [-0.4, -0.2) is 71.2 Å². The third-order valence-corrected chi connectivity index (χ3v) is 10.6. The number of aliphatic hydroxyl groups excluding tert-OH is 1. The molecule has 1 aliphatic heterocycles. The Kier molecular flexibility index (Phi) is 7.63. The highest BCUT2D eigenvalue weighted by Gasteiger charge is 2.68. The molecular weight excluding hydrogens is 502 g/mol. The van der Waals surface area contributed by atoms with Crippen molar-refractivity contribution in [1.29, 1.82) is 0 Å². The Morgan fingerprint density at radius 1 is 1.18 bits per heavy atom. The molecule has 0 aromatic heterocycles. The van der Waals surface area contributed by atoms with E-state index in [1.807, 2.05) is 13.0 Å². The minimum atomic E-state index is -1.71. The summed E-state index contributed by atoms with van der Waals surface area (Å²) in [4.78, 5) is 49.7. The predicted octanol–water partition coefficient (Wildman–Crippen LogP) is 2.18. The molecule has 0 bridgehead atoms. The van der Waals surface area contributed by atoms with Crippen LogP contribution >= 0.6 is 0 Å². The lowest BCUT2D eigenvalue weighted by molar-refractivity contribution is -0.181. The first-order valence-electron chi connectivity index (χ1n) is 14.4. The molecular formula is C30H41NO8. The fourth-order valence-electron chi connectivity index (χ4n) is 8.46. The topological polar surface area (TPSA) is 139 Å². The molecule has 4 aliphatic carbocycles. The van der Waals surface area contributed by atoms with Gasteiger partial charge in [0.15, 0.2) is 12.4 Å². The average molecular weight is 544 g/mol. The highest BCUT2D eigenvalue weighted by molar-refractivity contribution is 6.01. The van der Waals surface area contributed by atoms with Crippen molar-refractivity contribution >= 4 is 23.4 Å². The Hall–Kier alpha value is -2.36. The van der Waals surface area contributed by atoms with Gasteiger partial charge in [0, 0.05) is 36.3 Å². The van der Waals surface area contributed by atoms with Crippen LogP contribution in [0.3, 0.4) is 0 Å². The molecule has 9 nitrogen and oxygen atoms in total. The minimum absolute atomic E-state index is 0.0165. The second kappa shape index (κ2) is 10.6. The molecule has 5 rings (SSSR count). The van der Waals surface area contributed by atoms with Crippen molar-refractivity contribution in [3.8, 4) is 0 Å². The Labute approximate surface area is 229 Å². The Morgan fingerprint density at radius 2 is 1.97 bits per heavy atom. The van der Waals surface area contributed by atoms with Crippen molar-refractivity contribution in [3.63, 3.8) is 0 Å². The summed E-state index contributed by atoms with van der Waals surface area (Å²) < 4.78 is 10.7. The van der Waals surface area contributed by atoms with E-state index in [4.69, 9.17) is 9.47 Å². The second-order valence-corrected chi connectivity index (χ2v) is 12.6. The van der Waals surface area contributed by atoms with Crippen LogP contribution in [0, 0.1) is 28.6 Å². The van der Waals surface area contributed by atoms with Gasteiger partial charge in [-0.25, -0.2) is 0 Å². The fraction of sp³-hybridized carbons (Fsp3) is 0.733. The highest BCUT2D eigenvalue weighted by atomic mass is 16.5. The molecule has 4 fully saturated rings. The smallest absolute Gasteiger partial charge is 0.306 e. The molecule has 5 aliphatic rings. The predicted molar refractivity (Wildman–Crippen MR) is 140 cm³/mol. The number of allylic oxidation sites excluding steroid dienone is 4. The van der Waals surface area contributed by atoms with Crippen LogP contribution in [0.2, 0.25) is 0 Å². The van der Waals surface area contributed by atoms with Gasteiger partial charge in [0.05, 0.1) is 18.6 Å². The number of carbonyl (C=O) groups is 4. The molecule has 39 heavy (non-hydrogen) atoms. The largest absolute Gasteiger partial charge is 0.458 e. The van der Waals surface area contributed by atoms with Crippen molar-refractivity contribution in [2.75, 3.05) is 19.8 Å². The molecule has 0 aromatic carbocycles. The molecule has 214 valence electrons.